The summed E-state index contributed by atoms with van der Waals surface area (Å²) in [6.07, 6.45) is 10.3. The Labute approximate surface area is 67.7 Å². The standard InChI is InChI=1S/C10H14O/c1-10(2)9(11-10)8-6-4-3-5-7-8/h3-6,8-9H,7H2,1-2H3. The highest BCUT2D eigenvalue weighted by Crippen LogP contribution is 2.42. The molecule has 1 heterocycles. The summed E-state index contributed by atoms with van der Waals surface area (Å²) in [7, 11) is 0. The van der Waals surface area contributed by atoms with E-state index in [0.29, 0.717) is 12.0 Å². The summed E-state index contributed by atoms with van der Waals surface area (Å²) in [5, 5.41) is 0. The van der Waals surface area contributed by atoms with Gasteiger partial charge in [-0.05, 0) is 20.3 Å². The number of ether oxygens (including phenoxy) is 1. The van der Waals surface area contributed by atoms with E-state index in [2.05, 4.69) is 38.2 Å². The van der Waals surface area contributed by atoms with E-state index >= 15 is 0 Å². The van der Waals surface area contributed by atoms with Crippen LogP contribution in [0.4, 0.5) is 0 Å². The van der Waals surface area contributed by atoms with Crippen molar-refractivity contribution in [3.05, 3.63) is 24.3 Å². The molecule has 2 aliphatic rings. The van der Waals surface area contributed by atoms with E-state index in [1.54, 1.807) is 0 Å². The predicted octanol–water partition coefficient (Wildman–Crippen LogP) is 2.30. The zero-order valence-electron chi connectivity index (χ0n) is 7.08. The highest BCUT2D eigenvalue weighted by atomic mass is 16.6. The predicted molar refractivity (Wildman–Crippen MR) is 45.3 cm³/mol. The van der Waals surface area contributed by atoms with Crippen LogP contribution in [0.1, 0.15) is 20.3 Å². The first-order valence-corrected chi connectivity index (χ1v) is 4.21. The zero-order valence-corrected chi connectivity index (χ0v) is 7.08. The van der Waals surface area contributed by atoms with E-state index in [1.807, 2.05) is 0 Å². The molecule has 0 aromatic carbocycles. The molecule has 1 nitrogen and oxygen atoms in total. The van der Waals surface area contributed by atoms with Crippen molar-refractivity contribution in [1.29, 1.82) is 0 Å². The van der Waals surface area contributed by atoms with Crippen molar-refractivity contribution in [3.63, 3.8) is 0 Å². The molecule has 0 N–H and O–H groups in total. The largest absolute Gasteiger partial charge is 0.366 e. The zero-order chi connectivity index (χ0) is 7.90. The van der Waals surface area contributed by atoms with Crippen LogP contribution in [0.15, 0.2) is 24.3 Å². The van der Waals surface area contributed by atoms with Gasteiger partial charge in [0.1, 0.15) is 0 Å². The van der Waals surface area contributed by atoms with E-state index < -0.39 is 0 Å². The van der Waals surface area contributed by atoms with Gasteiger partial charge in [-0.2, -0.15) is 0 Å². The van der Waals surface area contributed by atoms with E-state index in [-0.39, 0.29) is 5.60 Å². The van der Waals surface area contributed by atoms with Gasteiger partial charge in [0.05, 0.1) is 11.7 Å². The molecule has 2 rings (SSSR count). The second-order valence-corrected chi connectivity index (χ2v) is 3.85. The first-order chi connectivity index (χ1) is 5.20. The van der Waals surface area contributed by atoms with Crippen molar-refractivity contribution in [3.8, 4) is 0 Å². The molecule has 60 valence electrons. The Morgan fingerprint density at radius 3 is 2.55 bits per heavy atom. The highest BCUT2D eigenvalue weighted by molar-refractivity contribution is 5.16. The smallest absolute Gasteiger partial charge is 0.0933 e. The van der Waals surface area contributed by atoms with Gasteiger partial charge in [0.2, 0.25) is 0 Å². The molecule has 1 aliphatic carbocycles. The van der Waals surface area contributed by atoms with Crippen LogP contribution < -0.4 is 0 Å². The van der Waals surface area contributed by atoms with Crippen LogP contribution in [0, 0.1) is 5.92 Å². The average Bonchev–Trinajstić information content (AvgIpc) is 2.62. The number of allylic oxidation sites excluding steroid dienone is 3. The van der Waals surface area contributed by atoms with Gasteiger partial charge in [0, 0.05) is 5.92 Å². The molecule has 11 heavy (non-hydrogen) atoms. The monoisotopic (exact) mass is 150 g/mol. The van der Waals surface area contributed by atoms with E-state index in [0.717, 1.165) is 6.42 Å². The lowest BCUT2D eigenvalue weighted by Crippen LogP contribution is -2.13. The lowest BCUT2D eigenvalue weighted by atomic mass is 9.92. The van der Waals surface area contributed by atoms with Gasteiger partial charge in [-0.15, -0.1) is 0 Å². The molecule has 0 radical (unpaired) electrons. The lowest BCUT2D eigenvalue weighted by Gasteiger charge is -2.09. The van der Waals surface area contributed by atoms with Crippen molar-refractivity contribution < 1.29 is 4.74 Å². The normalized spacial score (nSPS) is 39.1. The second kappa shape index (κ2) is 2.21. The third kappa shape index (κ3) is 1.25. The minimum Gasteiger partial charge on any atom is -0.366 e. The molecule has 0 aromatic rings. The molecule has 1 fully saturated rings. The van der Waals surface area contributed by atoms with Gasteiger partial charge in [0.25, 0.3) is 0 Å². The number of hydrogen-bond donors (Lipinski definition) is 0. The van der Waals surface area contributed by atoms with Gasteiger partial charge in [-0.25, -0.2) is 0 Å². The molecular formula is C10H14O. The molecule has 1 saturated heterocycles. The Balaban J connectivity index is 1.99. The summed E-state index contributed by atoms with van der Waals surface area (Å²) in [4.78, 5) is 0. The van der Waals surface area contributed by atoms with Crippen LogP contribution in [0.25, 0.3) is 0 Å². The molecule has 0 aromatic heterocycles. The van der Waals surface area contributed by atoms with Crippen LogP contribution in [0.5, 0.6) is 0 Å². The Morgan fingerprint density at radius 1 is 1.36 bits per heavy atom. The van der Waals surface area contributed by atoms with Crippen LogP contribution >= 0.6 is 0 Å². The quantitative estimate of drug-likeness (QED) is 0.522. The van der Waals surface area contributed by atoms with E-state index in [1.165, 1.54) is 0 Å². The summed E-state index contributed by atoms with van der Waals surface area (Å²) in [6.45, 7) is 4.31. The van der Waals surface area contributed by atoms with Crippen LogP contribution in [-0.4, -0.2) is 11.7 Å². The van der Waals surface area contributed by atoms with Gasteiger partial charge in [-0.3, -0.25) is 0 Å². The Kier molecular flexibility index (Phi) is 1.43. The average molecular weight is 150 g/mol. The van der Waals surface area contributed by atoms with Crippen LogP contribution in [-0.2, 0) is 4.74 Å². The molecule has 0 amide bonds. The van der Waals surface area contributed by atoms with E-state index in [9.17, 15) is 0 Å². The first-order valence-electron chi connectivity index (χ1n) is 4.21. The third-order valence-corrected chi connectivity index (χ3v) is 2.46. The molecule has 1 heteroatoms. The second-order valence-electron chi connectivity index (χ2n) is 3.85. The topological polar surface area (TPSA) is 12.5 Å². The van der Waals surface area contributed by atoms with Crippen LogP contribution in [0.3, 0.4) is 0 Å². The SMILES string of the molecule is CC1(C)OC1C1C=CC=CC1. The van der Waals surface area contributed by atoms with Gasteiger partial charge >= 0.3 is 0 Å². The molecule has 0 spiro atoms. The fourth-order valence-electron chi connectivity index (χ4n) is 1.72. The summed E-state index contributed by atoms with van der Waals surface area (Å²) >= 11 is 0. The van der Waals surface area contributed by atoms with Crippen molar-refractivity contribution in [2.75, 3.05) is 0 Å². The fraction of sp³-hybridized carbons (Fsp3) is 0.600. The fourth-order valence-corrected chi connectivity index (χ4v) is 1.72. The Hall–Kier alpha value is -0.560. The Bertz CT molecular complexity index is 213. The molecule has 0 saturated carbocycles. The maximum Gasteiger partial charge on any atom is 0.0933 e. The maximum absolute atomic E-state index is 5.56. The third-order valence-electron chi connectivity index (χ3n) is 2.46. The summed E-state index contributed by atoms with van der Waals surface area (Å²) < 4.78 is 5.56. The molecule has 1 aliphatic heterocycles. The molecule has 2 atom stereocenters. The molecule has 2 unspecified atom stereocenters. The summed E-state index contributed by atoms with van der Waals surface area (Å²) in [6, 6.07) is 0. The summed E-state index contributed by atoms with van der Waals surface area (Å²) in [5.74, 6) is 0.620. The highest BCUT2D eigenvalue weighted by Gasteiger charge is 2.51. The number of epoxide rings is 1. The Morgan fingerprint density at radius 2 is 2.09 bits per heavy atom. The lowest BCUT2D eigenvalue weighted by molar-refractivity contribution is 0.306. The first kappa shape index (κ1) is 7.11. The van der Waals surface area contributed by atoms with Crippen molar-refractivity contribution >= 4 is 0 Å². The maximum atomic E-state index is 5.56. The number of rotatable bonds is 1. The van der Waals surface area contributed by atoms with Crippen LogP contribution in [0.2, 0.25) is 0 Å². The van der Waals surface area contributed by atoms with Crippen molar-refractivity contribution in [1.82, 2.24) is 0 Å². The van der Waals surface area contributed by atoms with Crippen molar-refractivity contribution in [2.24, 2.45) is 5.92 Å². The van der Waals surface area contributed by atoms with Gasteiger partial charge < -0.3 is 4.74 Å². The molecule has 0 bridgehead atoms. The minimum atomic E-state index is 0.139. The van der Waals surface area contributed by atoms with Crippen molar-refractivity contribution in [2.45, 2.75) is 32.0 Å². The minimum absolute atomic E-state index is 0.139. The number of hydrogen-bond acceptors (Lipinski definition) is 1. The van der Waals surface area contributed by atoms with Gasteiger partial charge in [-0.1, -0.05) is 24.3 Å². The van der Waals surface area contributed by atoms with E-state index in [4.69, 9.17) is 4.74 Å². The van der Waals surface area contributed by atoms with Gasteiger partial charge in [0.15, 0.2) is 0 Å². The summed E-state index contributed by atoms with van der Waals surface area (Å²) in [5.41, 5.74) is 0.139. The molecular weight excluding hydrogens is 136 g/mol.